The van der Waals surface area contributed by atoms with Gasteiger partial charge in [0.25, 0.3) is 0 Å². The van der Waals surface area contributed by atoms with E-state index in [1.807, 2.05) is 13.8 Å². The third-order valence-electron chi connectivity index (χ3n) is 2.32. The summed E-state index contributed by atoms with van der Waals surface area (Å²) in [6.45, 7) is 3.85. The van der Waals surface area contributed by atoms with Crippen molar-refractivity contribution in [2.75, 3.05) is 7.11 Å². The lowest BCUT2D eigenvalue weighted by molar-refractivity contribution is -0.127. The molecule has 0 radical (unpaired) electrons. The Morgan fingerprint density at radius 1 is 1.25 bits per heavy atom. The lowest BCUT2D eigenvalue weighted by atomic mass is 9.98. The first kappa shape index (κ1) is 12.9. The molecule has 0 amide bonds. The molecule has 0 unspecified atom stereocenters. The van der Waals surface area contributed by atoms with Crippen LogP contribution >= 0.6 is 0 Å². The molecular weight excluding hydrogens is 217 g/mol. The fourth-order valence-corrected chi connectivity index (χ4v) is 1.58. The summed E-state index contributed by atoms with van der Waals surface area (Å²) >= 11 is 0. The van der Waals surface area contributed by atoms with Gasteiger partial charge in [-0.1, -0.05) is 26.0 Å². The Labute approximate surface area is 93.2 Å². The Morgan fingerprint density at radius 2 is 1.88 bits per heavy atom. The molecular formula is C12H15F3O. The SMILES string of the molecule is COc1ccc(CC(F)(F)F)cc1C(C)C. The highest BCUT2D eigenvalue weighted by Gasteiger charge is 2.28. The standard InChI is InChI=1S/C12H15F3O/c1-8(2)10-6-9(7-12(13,14)15)4-5-11(10)16-3/h4-6,8H,7H2,1-3H3. The van der Waals surface area contributed by atoms with Crippen molar-refractivity contribution in [3.63, 3.8) is 0 Å². The van der Waals surface area contributed by atoms with Crippen LogP contribution in [0.3, 0.4) is 0 Å². The predicted octanol–water partition coefficient (Wildman–Crippen LogP) is 3.92. The first-order valence-corrected chi connectivity index (χ1v) is 5.07. The number of halogens is 3. The zero-order chi connectivity index (χ0) is 12.3. The van der Waals surface area contributed by atoms with E-state index in [4.69, 9.17) is 4.74 Å². The van der Waals surface area contributed by atoms with Crippen LogP contribution in [0.2, 0.25) is 0 Å². The highest BCUT2D eigenvalue weighted by molar-refractivity contribution is 5.39. The summed E-state index contributed by atoms with van der Waals surface area (Å²) in [6.07, 6.45) is -5.06. The van der Waals surface area contributed by atoms with Crippen molar-refractivity contribution in [3.05, 3.63) is 29.3 Å². The third-order valence-corrected chi connectivity index (χ3v) is 2.32. The molecule has 0 fully saturated rings. The van der Waals surface area contributed by atoms with Crippen LogP contribution in [0.25, 0.3) is 0 Å². The number of ether oxygens (including phenoxy) is 1. The highest BCUT2D eigenvalue weighted by Crippen LogP contribution is 2.29. The summed E-state index contributed by atoms with van der Waals surface area (Å²) in [5, 5.41) is 0. The van der Waals surface area contributed by atoms with Gasteiger partial charge in [-0.25, -0.2) is 0 Å². The van der Waals surface area contributed by atoms with Crippen LogP contribution in [-0.2, 0) is 6.42 Å². The topological polar surface area (TPSA) is 9.23 Å². The molecule has 1 aromatic rings. The van der Waals surface area contributed by atoms with Crippen molar-refractivity contribution in [2.45, 2.75) is 32.4 Å². The minimum absolute atomic E-state index is 0.142. The molecule has 16 heavy (non-hydrogen) atoms. The minimum Gasteiger partial charge on any atom is -0.496 e. The van der Waals surface area contributed by atoms with E-state index in [9.17, 15) is 13.2 Å². The number of hydrogen-bond acceptors (Lipinski definition) is 1. The monoisotopic (exact) mass is 232 g/mol. The molecule has 4 heteroatoms. The van der Waals surface area contributed by atoms with Crippen LogP contribution < -0.4 is 4.74 Å². The van der Waals surface area contributed by atoms with E-state index < -0.39 is 12.6 Å². The van der Waals surface area contributed by atoms with Gasteiger partial charge in [-0.05, 0) is 23.1 Å². The molecule has 0 heterocycles. The van der Waals surface area contributed by atoms with E-state index in [2.05, 4.69) is 0 Å². The third kappa shape index (κ3) is 3.43. The zero-order valence-corrected chi connectivity index (χ0v) is 9.56. The summed E-state index contributed by atoms with van der Waals surface area (Å²) < 4.78 is 41.8. The number of rotatable bonds is 3. The van der Waals surface area contributed by atoms with Gasteiger partial charge in [0, 0.05) is 0 Å². The first-order chi connectivity index (χ1) is 7.33. The Kier molecular flexibility index (Phi) is 3.83. The van der Waals surface area contributed by atoms with Crippen LogP contribution in [0, 0.1) is 0 Å². The van der Waals surface area contributed by atoms with Gasteiger partial charge >= 0.3 is 6.18 Å². The van der Waals surface area contributed by atoms with Crippen molar-refractivity contribution in [2.24, 2.45) is 0 Å². The van der Waals surface area contributed by atoms with Crippen molar-refractivity contribution in [1.29, 1.82) is 0 Å². The van der Waals surface area contributed by atoms with E-state index >= 15 is 0 Å². The van der Waals surface area contributed by atoms with Gasteiger partial charge in [-0.2, -0.15) is 13.2 Å². The van der Waals surface area contributed by atoms with Crippen LogP contribution in [0.1, 0.15) is 30.9 Å². The molecule has 1 nitrogen and oxygen atoms in total. The summed E-state index contributed by atoms with van der Waals surface area (Å²) in [6, 6.07) is 4.62. The maximum absolute atomic E-state index is 12.2. The van der Waals surface area contributed by atoms with Crippen LogP contribution in [0.15, 0.2) is 18.2 Å². The summed E-state index contributed by atoms with van der Waals surface area (Å²) in [4.78, 5) is 0. The second kappa shape index (κ2) is 4.76. The zero-order valence-electron chi connectivity index (χ0n) is 9.56. The second-order valence-electron chi connectivity index (χ2n) is 4.02. The molecule has 0 saturated heterocycles. The molecule has 0 bridgehead atoms. The normalized spacial score (nSPS) is 11.9. The Morgan fingerprint density at radius 3 is 2.31 bits per heavy atom. The van der Waals surface area contributed by atoms with Crippen LogP contribution in [-0.4, -0.2) is 13.3 Å². The summed E-state index contributed by atoms with van der Waals surface area (Å²) in [5.74, 6) is 0.782. The number of hydrogen-bond donors (Lipinski definition) is 0. The average molecular weight is 232 g/mol. The average Bonchev–Trinajstić information content (AvgIpc) is 2.15. The van der Waals surface area contributed by atoms with E-state index in [0.29, 0.717) is 5.75 Å². The lowest BCUT2D eigenvalue weighted by Crippen LogP contribution is -2.12. The molecule has 0 saturated carbocycles. The van der Waals surface area contributed by atoms with E-state index in [1.165, 1.54) is 13.2 Å². The molecule has 0 aliphatic carbocycles. The molecule has 0 N–H and O–H groups in total. The molecule has 0 spiro atoms. The first-order valence-electron chi connectivity index (χ1n) is 5.07. The van der Waals surface area contributed by atoms with Crippen molar-refractivity contribution in [1.82, 2.24) is 0 Å². The molecule has 90 valence electrons. The molecule has 1 rings (SSSR count). The van der Waals surface area contributed by atoms with E-state index in [-0.39, 0.29) is 11.5 Å². The van der Waals surface area contributed by atoms with Gasteiger partial charge < -0.3 is 4.74 Å². The lowest BCUT2D eigenvalue weighted by Gasteiger charge is -2.14. The fraction of sp³-hybridized carbons (Fsp3) is 0.500. The van der Waals surface area contributed by atoms with Gasteiger partial charge in [0.15, 0.2) is 0 Å². The largest absolute Gasteiger partial charge is 0.496 e. The number of benzene rings is 1. The van der Waals surface area contributed by atoms with Gasteiger partial charge in [0.1, 0.15) is 5.75 Å². The van der Waals surface area contributed by atoms with E-state index in [1.54, 1.807) is 12.1 Å². The van der Waals surface area contributed by atoms with E-state index in [0.717, 1.165) is 5.56 Å². The van der Waals surface area contributed by atoms with Crippen LogP contribution in [0.5, 0.6) is 5.75 Å². The van der Waals surface area contributed by atoms with Gasteiger partial charge in [-0.3, -0.25) is 0 Å². The molecule has 0 aliphatic heterocycles. The number of alkyl halides is 3. The van der Waals surface area contributed by atoms with Gasteiger partial charge in [0.2, 0.25) is 0 Å². The molecule has 1 aromatic carbocycles. The van der Waals surface area contributed by atoms with Crippen molar-refractivity contribution >= 4 is 0 Å². The maximum Gasteiger partial charge on any atom is 0.393 e. The van der Waals surface area contributed by atoms with Crippen LogP contribution in [0.4, 0.5) is 13.2 Å². The Hall–Kier alpha value is -1.19. The maximum atomic E-state index is 12.2. The quantitative estimate of drug-likeness (QED) is 0.767. The molecule has 0 aromatic heterocycles. The smallest absolute Gasteiger partial charge is 0.393 e. The van der Waals surface area contributed by atoms with Gasteiger partial charge in [0.05, 0.1) is 13.5 Å². The Balaban J connectivity index is 3.02. The Bertz CT molecular complexity index is 356. The summed E-state index contributed by atoms with van der Waals surface area (Å²) in [7, 11) is 1.52. The summed E-state index contributed by atoms with van der Waals surface area (Å²) in [5.41, 5.74) is 1.08. The van der Waals surface area contributed by atoms with Crippen molar-refractivity contribution < 1.29 is 17.9 Å². The highest BCUT2D eigenvalue weighted by atomic mass is 19.4. The van der Waals surface area contributed by atoms with Gasteiger partial charge in [-0.15, -0.1) is 0 Å². The minimum atomic E-state index is -4.16. The molecule has 0 atom stereocenters. The number of methoxy groups -OCH3 is 1. The fourth-order valence-electron chi connectivity index (χ4n) is 1.58. The van der Waals surface area contributed by atoms with Crippen molar-refractivity contribution in [3.8, 4) is 5.75 Å². The molecule has 0 aliphatic rings. The second-order valence-corrected chi connectivity index (χ2v) is 4.02. The predicted molar refractivity (Wildman–Crippen MR) is 56.8 cm³/mol.